The Kier molecular flexibility index (Phi) is 2.92. The quantitative estimate of drug-likeness (QED) is 0.823. The van der Waals surface area contributed by atoms with Gasteiger partial charge in [-0.2, -0.15) is 0 Å². The lowest BCUT2D eigenvalue weighted by molar-refractivity contribution is 0.767. The van der Waals surface area contributed by atoms with Crippen LogP contribution in [0.1, 0.15) is 28.6 Å². The van der Waals surface area contributed by atoms with E-state index in [0.717, 1.165) is 16.7 Å². The van der Waals surface area contributed by atoms with Gasteiger partial charge in [0.15, 0.2) is 0 Å². The highest BCUT2D eigenvalue weighted by molar-refractivity contribution is 5.29. The number of hydrogen-bond acceptors (Lipinski definition) is 4. The number of pyridine rings is 1. The minimum Gasteiger partial charge on any atom is -0.318 e. The largest absolute Gasteiger partial charge is 0.318 e. The highest BCUT2D eigenvalue weighted by Crippen LogP contribution is 2.18. The molecule has 0 saturated carbocycles. The van der Waals surface area contributed by atoms with Crippen LogP contribution in [-0.4, -0.2) is 15.0 Å². The van der Waals surface area contributed by atoms with Crippen molar-refractivity contribution in [2.24, 2.45) is 5.73 Å². The third kappa shape index (κ3) is 2.06. The molecule has 2 aromatic heterocycles. The Balaban J connectivity index is 2.35. The van der Waals surface area contributed by atoms with Gasteiger partial charge in [-0.1, -0.05) is 0 Å². The van der Waals surface area contributed by atoms with E-state index in [1.807, 2.05) is 19.9 Å². The average molecular weight is 214 g/mol. The van der Waals surface area contributed by atoms with Gasteiger partial charge in [-0.25, -0.2) is 9.97 Å². The summed E-state index contributed by atoms with van der Waals surface area (Å²) in [4.78, 5) is 12.5. The summed E-state index contributed by atoms with van der Waals surface area (Å²) < 4.78 is 0. The molecule has 0 spiro atoms. The predicted octanol–water partition coefficient (Wildman–Crippen LogP) is 1.54. The van der Waals surface area contributed by atoms with E-state index in [0.29, 0.717) is 5.82 Å². The SMILES string of the molecule is Cc1cnc(C(N)c2cnccc2C)nc1. The Morgan fingerprint density at radius 1 is 1.12 bits per heavy atom. The van der Waals surface area contributed by atoms with Gasteiger partial charge in [0.05, 0.1) is 6.04 Å². The predicted molar refractivity (Wildman–Crippen MR) is 61.8 cm³/mol. The molecule has 1 atom stereocenters. The first kappa shape index (κ1) is 10.7. The van der Waals surface area contributed by atoms with E-state index in [4.69, 9.17) is 5.73 Å². The smallest absolute Gasteiger partial charge is 0.149 e. The van der Waals surface area contributed by atoms with Crippen molar-refractivity contribution in [1.29, 1.82) is 0 Å². The Morgan fingerprint density at radius 2 is 1.81 bits per heavy atom. The fourth-order valence-corrected chi connectivity index (χ4v) is 1.50. The molecule has 1 unspecified atom stereocenters. The number of rotatable bonds is 2. The van der Waals surface area contributed by atoms with E-state index in [1.54, 1.807) is 24.8 Å². The van der Waals surface area contributed by atoms with Crippen LogP contribution in [0, 0.1) is 13.8 Å². The van der Waals surface area contributed by atoms with E-state index >= 15 is 0 Å². The Hall–Kier alpha value is -1.81. The molecule has 0 amide bonds. The van der Waals surface area contributed by atoms with Gasteiger partial charge in [-0.05, 0) is 36.6 Å². The third-order valence-corrected chi connectivity index (χ3v) is 2.49. The molecule has 2 rings (SSSR count). The Labute approximate surface area is 94.6 Å². The second-order valence-electron chi connectivity index (χ2n) is 3.83. The van der Waals surface area contributed by atoms with E-state index < -0.39 is 0 Å². The van der Waals surface area contributed by atoms with Gasteiger partial charge in [0.2, 0.25) is 0 Å². The lowest BCUT2D eigenvalue weighted by Crippen LogP contribution is -2.16. The highest BCUT2D eigenvalue weighted by atomic mass is 14.9. The lowest BCUT2D eigenvalue weighted by Gasteiger charge is -2.12. The summed E-state index contributed by atoms with van der Waals surface area (Å²) in [5.74, 6) is 0.627. The van der Waals surface area contributed by atoms with Crippen molar-refractivity contribution < 1.29 is 0 Å². The van der Waals surface area contributed by atoms with Crippen LogP contribution >= 0.6 is 0 Å². The molecule has 0 saturated heterocycles. The number of nitrogens with two attached hydrogens (primary N) is 1. The first-order valence-corrected chi connectivity index (χ1v) is 5.13. The van der Waals surface area contributed by atoms with Crippen LogP contribution in [0.5, 0.6) is 0 Å². The molecule has 4 heteroatoms. The number of hydrogen-bond donors (Lipinski definition) is 1. The minimum absolute atomic E-state index is 0.311. The molecule has 0 aliphatic heterocycles. The average Bonchev–Trinajstić information content (AvgIpc) is 2.30. The van der Waals surface area contributed by atoms with Gasteiger partial charge in [-0.3, -0.25) is 4.98 Å². The molecule has 0 fully saturated rings. The molecule has 4 nitrogen and oxygen atoms in total. The van der Waals surface area contributed by atoms with E-state index in [2.05, 4.69) is 15.0 Å². The van der Waals surface area contributed by atoms with Crippen molar-refractivity contribution in [2.45, 2.75) is 19.9 Å². The van der Waals surface area contributed by atoms with Gasteiger partial charge >= 0.3 is 0 Å². The van der Waals surface area contributed by atoms with Gasteiger partial charge in [0.25, 0.3) is 0 Å². The normalized spacial score (nSPS) is 12.4. The van der Waals surface area contributed by atoms with Crippen molar-refractivity contribution in [2.75, 3.05) is 0 Å². The van der Waals surface area contributed by atoms with Gasteiger partial charge in [-0.15, -0.1) is 0 Å². The maximum Gasteiger partial charge on any atom is 0.149 e. The molecule has 82 valence electrons. The van der Waals surface area contributed by atoms with Crippen molar-refractivity contribution in [3.63, 3.8) is 0 Å². The molecule has 2 aromatic rings. The van der Waals surface area contributed by atoms with Crippen LogP contribution in [0.15, 0.2) is 30.9 Å². The van der Waals surface area contributed by atoms with Crippen LogP contribution in [0.25, 0.3) is 0 Å². The second kappa shape index (κ2) is 4.37. The number of aryl methyl sites for hydroxylation is 2. The fourth-order valence-electron chi connectivity index (χ4n) is 1.50. The topological polar surface area (TPSA) is 64.7 Å². The summed E-state index contributed by atoms with van der Waals surface area (Å²) >= 11 is 0. The molecule has 0 bridgehead atoms. The number of aromatic nitrogens is 3. The lowest BCUT2D eigenvalue weighted by atomic mass is 10.0. The Morgan fingerprint density at radius 3 is 2.44 bits per heavy atom. The summed E-state index contributed by atoms with van der Waals surface area (Å²) in [6.45, 7) is 3.95. The Bertz CT molecular complexity index is 479. The van der Waals surface area contributed by atoms with Crippen LogP contribution in [-0.2, 0) is 0 Å². The number of nitrogens with zero attached hydrogens (tertiary/aromatic N) is 3. The maximum absolute atomic E-state index is 6.10. The maximum atomic E-state index is 6.10. The standard InChI is InChI=1S/C12H14N4/c1-8-5-15-12(16-6-8)11(13)10-7-14-4-3-9(10)2/h3-7,11H,13H2,1-2H3. The monoisotopic (exact) mass is 214 g/mol. The highest BCUT2D eigenvalue weighted by Gasteiger charge is 2.13. The third-order valence-electron chi connectivity index (χ3n) is 2.49. The minimum atomic E-state index is -0.311. The fraction of sp³-hybridized carbons (Fsp3) is 0.250. The van der Waals surface area contributed by atoms with Crippen molar-refractivity contribution in [3.05, 3.63) is 53.4 Å². The van der Waals surface area contributed by atoms with E-state index in [9.17, 15) is 0 Å². The summed E-state index contributed by atoms with van der Waals surface area (Å²) in [5, 5.41) is 0. The molecule has 0 aliphatic carbocycles. The zero-order valence-corrected chi connectivity index (χ0v) is 9.38. The molecule has 2 heterocycles. The van der Waals surface area contributed by atoms with Crippen LogP contribution < -0.4 is 5.73 Å². The van der Waals surface area contributed by atoms with Crippen molar-refractivity contribution in [1.82, 2.24) is 15.0 Å². The molecule has 16 heavy (non-hydrogen) atoms. The van der Waals surface area contributed by atoms with E-state index in [-0.39, 0.29) is 6.04 Å². The first-order valence-electron chi connectivity index (χ1n) is 5.13. The summed E-state index contributed by atoms with van der Waals surface area (Å²) in [6.07, 6.45) is 7.06. The first-order chi connectivity index (χ1) is 7.68. The molecule has 0 radical (unpaired) electrons. The summed E-state index contributed by atoms with van der Waals surface area (Å²) in [7, 11) is 0. The van der Waals surface area contributed by atoms with Crippen molar-refractivity contribution in [3.8, 4) is 0 Å². The molecule has 0 aliphatic rings. The zero-order valence-electron chi connectivity index (χ0n) is 9.38. The van der Waals surface area contributed by atoms with Gasteiger partial charge in [0, 0.05) is 24.8 Å². The van der Waals surface area contributed by atoms with Crippen molar-refractivity contribution >= 4 is 0 Å². The van der Waals surface area contributed by atoms with Gasteiger partial charge in [0.1, 0.15) is 5.82 Å². The molecular formula is C12H14N4. The van der Waals surface area contributed by atoms with Crippen LogP contribution in [0.2, 0.25) is 0 Å². The van der Waals surface area contributed by atoms with Crippen LogP contribution in [0.3, 0.4) is 0 Å². The summed E-state index contributed by atoms with van der Waals surface area (Å²) in [5.41, 5.74) is 9.20. The van der Waals surface area contributed by atoms with Gasteiger partial charge < -0.3 is 5.73 Å². The second-order valence-corrected chi connectivity index (χ2v) is 3.83. The van der Waals surface area contributed by atoms with E-state index in [1.165, 1.54) is 0 Å². The molecule has 2 N–H and O–H groups in total. The molecular weight excluding hydrogens is 200 g/mol. The molecule has 0 aromatic carbocycles. The summed E-state index contributed by atoms with van der Waals surface area (Å²) in [6, 6.07) is 1.62. The zero-order chi connectivity index (χ0) is 11.5. The van der Waals surface area contributed by atoms with Crippen LogP contribution in [0.4, 0.5) is 0 Å².